The van der Waals surface area contributed by atoms with Crippen LogP contribution in [0.5, 0.6) is 0 Å². The summed E-state index contributed by atoms with van der Waals surface area (Å²) < 4.78 is 32.1. The van der Waals surface area contributed by atoms with Gasteiger partial charge in [0.05, 0.1) is 16.5 Å². The standard InChI is InChI=1S/C27H30N4O4S/c1-18-25(27(32)31(28-18)23-14-16-24(17-15-23)36(33,34)35)26(19-6-10-21(11-7-19)29(2)3)20-8-12-22(13-9-20)30(4)5/h6-17,25-26H,1-5H3,(H,33,34,35)/t25-/m0/s1. The summed E-state index contributed by atoms with van der Waals surface area (Å²) in [5.74, 6) is -1.01. The number of carbonyl (C=O) groups excluding carboxylic acids is 1. The van der Waals surface area contributed by atoms with Gasteiger partial charge in [-0.05, 0) is 66.6 Å². The molecule has 4 rings (SSSR count). The molecule has 1 heterocycles. The maximum Gasteiger partial charge on any atom is 0.294 e. The van der Waals surface area contributed by atoms with Gasteiger partial charge in [-0.3, -0.25) is 9.35 Å². The van der Waals surface area contributed by atoms with Gasteiger partial charge in [0.2, 0.25) is 0 Å². The fourth-order valence-electron chi connectivity index (χ4n) is 4.44. The number of hydrazone groups is 1. The van der Waals surface area contributed by atoms with Crippen molar-refractivity contribution in [3.8, 4) is 0 Å². The summed E-state index contributed by atoms with van der Waals surface area (Å²) in [4.78, 5) is 17.6. The van der Waals surface area contributed by atoms with Gasteiger partial charge in [0.15, 0.2) is 0 Å². The largest absolute Gasteiger partial charge is 0.378 e. The van der Waals surface area contributed by atoms with E-state index in [1.807, 2.05) is 93.4 Å². The predicted molar refractivity (Wildman–Crippen MR) is 144 cm³/mol. The van der Waals surface area contributed by atoms with Gasteiger partial charge in [-0.15, -0.1) is 0 Å². The lowest BCUT2D eigenvalue weighted by molar-refractivity contribution is -0.120. The molecule has 36 heavy (non-hydrogen) atoms. The quantitative estimate of drug-likeness (QED) is 0.482. The first-order chi connectivity index (χ1) is 17.0. The molecule has 0 saturated heterocycles. The number of nitrogens with zero attached hydrogens (tertiary/aromatic N) is 4. The molecule has 0 radical (unpaired) electrons. The van der Waals surface area contributed by atoms with Gasteiger partial charge in [0, 0.05) is 51.2 Å². The lowest BCUT2D eigenvalue weighted by atomic mass is 9.78. The average Bonchev–Trinajstić information content (AvgIpc) is 3.13. The van der Waals surface area contributed by atoms with E-state index in [0.717, 1.165) is 22.5 Å². The Balaban J connectivity index is 1.74. The van der Waals surface area contributed by atoms with Crippen LogP contribution in [0.25, 0.3) is 0 Å². The van der Waals surface area contributed by atoms with Crippen LogP contribution in [-0.4, -0.2) is 52.8 Å². The van der Waals surface area contributed by atoms with Crippen molar-refractivity contribution in [3.05, 3.63) is 83.9 Å². The van der Waals surface area contributed by atoms with Crippen LogP contribution in [0.3, 0.4) is 0 Å². The molecule has 1 atom stereocenters. The number of hydrogen-bond acceptors (Lipinski definition) is 6. The van der Waals surface area contributed by atoms with Gasteiger partial charge in [0.25, 0.3) is 16.0 Å². The summed E-state index contributed by atoms with van der Waals surface area (Å²) in [6.45, 7) is 1.84. The smallest absolute Gasteiger partial charge is 0.294 e. The number of anilines is 3. The van der Waals surface area contributed by atoms with Crippen molar-refractivity contribution >= 4 is 38.8 Å². The molecule has 0 unspecified atom stereocenters. The summed E-state index contributed by atoms with van der Waals surface area (Å²) in [6.07, 6.45) is 0. The third-order valence-corrected chi connectivity index (χ3v) is 7.30. The van der Waals surface area contributed by atoms with Crippen LogP contribution in [0.4, 0.5) is 17.1 Å². The lowest BCUT2D eigenvalue weighted by Crippen LogP contribution is -2.32. The summed E-state index contributed by atoms with van der Waals surface area (Å²) >= 11 is 0. The molecule has 0 fully saturated rings. The number of amides is 1. The van der Waals surface area contributed by atoms with Crippen molar-refractivity contribution in [2.24, 2.45) is 11.0 Å². The van der Waals surface area contributed by atoms with Crippen molar-refractivity contribution in [1.82, 2.24) is 0 Å². The predicted octanol–water partition coefficient (Wildman–Crippen LogP) is 4.24. The Morgan fingerprint density at radius 1 is 0.806 bits per heavy atom. The number of rotatable bonds is 7. The molecule has 0 aliphatic carbocycles. The van der Waals surface area contributed by atoms with Crippen molar-refractivity contribution in [1.29, 1.82) is 0 Å². The average molecular weight is 507 g/mol. The Labute approximate surface area is 212 Å². The van der Waals surface area contributed by atoms with Crippen LogP contribution in [0.1, 0.15) is 24.0 Å². The molecule has 188 valence electrons. The molecule has 3 aromatic carbocycles. The van der Waals surface area contributed by atoms with Gasteiger partial charge < -0.3 is 9.80 Å². The van der Waals surface area contributed by atoms with E-state index < -0.39 is 16.0 Å². The van der Waals surface area contributed by atoms with Gasteiger partial charge in [0.1, 0.15) is 0 Å². The molecular formula is C27H30N4O4S. The molecule has 9 heteroatoms. The minimum absolute atomic E-state index is 0.203. The highest BCUT2D eigenvalue weighted by atomic mass is 32.2. The molecule has 0 bridgehead atoms. The second-order valence-electron chi connectivity index (χ2n) is 9.29. The monoisotopic (exact) mass is 506 g/mol. The number of hydrogen-bond donors (Lipinski definition) is 1. The van der Waals surface area contributed by atoms with Gasteiger partial charge >= 0.3 is 0 Å². The molecule has 3 aromatic rings. The summed E-state index contributed by atoms with van der Waals surface area (Å²) in [7, 11) is 3.60. The fourth-order valence-corrected chi connectivity index (χ4v) is 4.92. The van der Waals surface area contributed by atoms with E-state index in [9.17, 15) is 17.8 Å². The van der Waals surface area contributed by atoms with E-state index >= 15 is 0 Å². The summed E-state index contributed by atoms with van der Waals surface area (Å²) in [5.41, 5.74) is 5.20. The zero-order valence-corrected chi connectivity index (χ0v) is 21.8. The molecule has 0 saturated carbocycles. The second kappa shape index (κ2) is 9.75. The number of benzene rings is 3. The topological polar surface area (TPSA) is 93.5 Å². The lowest BCUT2D eigenvalue weighted by Gasteiger charge is -2.26. The first-order valence-electron chi connectivity index (χ1n) is 11.5. The Morgan fingerprint density at radius 2 is 1.25 bits per heavy atom. The maximum absolute atomic E-state index is 13.8. The third-order valence-electron chi connectivity index (χ3n) is 6.43. The molecular weight excluding hydrogens is 476 g/mol. The van der Waals surface area contributed by atoms with Gasteiger partial charge in [-0.2, -0.15) is 13.5 Å². The normalized spacial score (nSPS) is 15.9. The van der Waals surface area contributed by atoms with Gasteiger partial charge in [-0.1, -0.05) is 24.3 Å². The van der Waals surface area contributed by atoms with E-state index in [4.69, 9.17) is 0 Å². The van der Waals surface area contributed by atoms with Crippen molar-refractivity contribution in [2.45, 2.75) is 17.7 Å². The van der Waals surface area contributed by atoms with Crippen LogP contribution in [-0.2, 0) is 14.9 Å². The third kappa shape index (κ3) is 4.98. The highest BCUT2D eigenvalue weighted by Gasteiger charge is 2.41. The first kappa shape index (κ1) is 25.4. The molecule has 0 spiro atoms. The number of carbonyl (C=O) groups is 1. The van der Waals surface area contributed by atoms with E-state index in [2.05, 4.69) is 5.10 Å². The van der Waals surface area contributed by atoms with E-state index in [-0.39, 0.29) is 16.7 Å². The molecule has 8 nitrogen and oxygen atoms in total. The zero-order valence-electron chi connectivity index (χ0n) is 21.0. The second-order valence-corrected chi connectivity index (χ2v) is 10.7. The molecule has 1 aliphatic heterocycles. The van der Waals surface area contributed by atoms with Crippen LogP contribution in [0.15, 0.2) is 82.8 Å². The summed E-state index contributed by atoms with van der Waals surface area (Å²) in [5, 5.41) is 5.86. The Bertz CT molecular complexity index is 1330. The van der Waals surface area contributed by atoms with Crippen molar-refractivity contribution < 1.29 is 17.8 Å². The highest BCUT2D eigenvalue weighted by Crippen LogP contribution is 2.39. The van der Waals surface area contributed by atoms with E-state index in [1.54, 1.807) is 0 Å². The van der Waals surface area contributed by atoms with Crippen molar-refractivity contribution in [3.63, 3.8) is 0 Å². The molecule has 1 aliphatic rings. The van der Waals surface area contributed by atoms with Crippen LogP contribution in [0.2, 0.25) is 0 Å². The minimum Gasteiger partial charge on any atom is -0.378 e. The maximum atomic E-state index is 13.8. The SMILES string of the molecule is CC1=NN(c2ccc(S(=O)(=O)O)cc2)C(=O)[C@@H]1C(c1ccc(N(C)C)cc1)c1ccc(N(C)C)cc1. The Kier molecular flexibility index (Phi) is 6.88. The fraction of sp³-hybridized carbons (Fsp3) is 0.259. The zero-order chi connectivity index (χ0) is 26.2. The first-order valence-corrected chi connectivity index (χ1v) is 12.9. The van der Waals surface area contributed by atoms with E-state index in [1.165, 1.54) is 29.3 Å². The van der Waals surface area contributed by atoms with Crippen LogP contribution >= 0.6 is 0 Å². The van der Waals surface area contributed by atoms with E-state index in [0.29, 0.717) is 11.4 Å². The van der Waals surface area contributed by atoms with Gasteiger partial charge in [-0.25, -0.2) is 5.01 Å². The Hall–Kier alpha value is -3.69. The van der Waals surface area contributed by atoms with Crippen LogP contribution < -0.4 is 14.8 Å². The molecule has 1 amide bonds. The Morgan fingerprint density at radius 3 is 1.64 bits per heavy atom. The van der Waals surface area contributed by atoms with Crippen LogP contribution in [0, 0.1) is 5.92 Å². The molecule has 1 N–H and O–H groups in total. The highest BCUT2D eigenvalue weighted by molar-refractivity contribution is 7.85. The summed E-state index contributed by atoms with van der Waals surface area (Å²) in [6, 6.07) is 21.8. The molecule has 0 aromatic heterocycles. The minimum atomic E-state index is -4.33. The van der Waals surface area contributed by atoms with Crippen molar-refractivity contribution in [2.75, 3.05) is 43.0 Å².